The summed E-state index contributed by atoms with van der Waals surface area (Å²) in [5, 5.41) is 3.25. The Morgan fingerprint density at radius 3 is 2.79 bits per heavy atom. The highest BCUT2D eigenvalue weighted by atomic mass is 79.9. The van der Waals surface area contributed by atoms with Gasteiger partial charge in [0.25, 0.3) is 0 Å². The molecule has 1 aromatic heterocycles. The van der Waals surface area contributed by atoms with Crippen molar-refractivity contribution in [2.75, 3.05) is 26.8 Å². The van der Waals surface area contributed by atoms with E-state index in [2.05, 4.69) is 32.9 Å². The molecule has 0 unspecified atom stereocenters. The predicted octanol–water partition coefficient (Wildman–Crippen LogP) is 1.93. The fourth-order valence-electron chi connectivity index (χ4n) is 1.41. The second kappa shape index (κ2) is 8.33. The summed E-state index contributed by atoms with van der Waals surface area (Å²) in [6.07, 6.45) is 1.05. The monoisotopic (exact) mass is 370 g/mol. The molecule has 0 radical (unpaired) electrons. The Hall–Kier alpha value is 0.01000. The molecular formula is C11H19BrN2O3S2. The Morgan fingerprint density at radius 2 is 2.16 bits per heavy atom. The Kier molecular flexibility index (Phi) is 7.48. The van der Waals surface area contributed by atoms with Crippen LogP contribution in [-0.2, 0) is 21.3 Å². The lowest BCUT2D eigenvalue weighted by Gasteiger charge is -2.04. The van der Waals surface area contributed by atoms with Gasteiger partial charge in [0.2, 0.25) is 10.0 Å². The van der Waals surface area contributed by atoms with Crippen LogP contribution in [0.4, 0.5) is 0 Å². The van der Waals surface area contributed by atoms with Gasteiger partial charge in [0.15, 0.2) is 0 Å². The van der Waals surface area contributed by atoms with E-state index >= 15 is 0 Å². The molecule has 0 saturated heterocycles. The summed E-state index contributed by atoms with van der Waals surface area (Å²) < 4.78 is 32.1. The van der Waals surface area contributed by atoms with Gasteiger partial charge in [0.1, 0.15) is 4.90 Å². The number of hydrogen-bond acceptors (Lipinski definition) is 5. The summed E-state index contributed by atoms with van der Waals surface area (Å²) in [6.45, 7) is 4.32. The zero-order valence-corrected chi connectivity index (χ0v) is 14.3. The molecule has 0 fully saturated rings. The van der Waals surface area contributed by atoms with Gasteiger partial charge in [-0.1, -0.05) is 6.92 Å². The molecular weight excluding hydrogens is 352 g/mol. The number of sulfonamides is 1. The molecule has 0 aliphatic carbocycles. The van der Waals surface area contributed by atoms with E-state index in [1.807, 2.05) is 0 Å². The average molecular weight is 371 g/mol. The normalized spacial score (nSPS) is 11.9. The van der Waals surface area contributed by atoms with Crippen molar-refractivity contribution < 1.29 is 13.2 Å². The molecule has 0 atom stereocenters. The van der Waals surface area contributed by atoms with E-state index in [1.54, 1.807) is 6.07 Å². The summed E-state index contributed by atoms with van der Waals surface area (Å²) in [5.41, 5.74) is 0. The Morgan fingerprint density at radius 1 is 1.42 bits per heavy atom. The minimum absolute atomic E-state index is 0.268. The van der Waals surface area contributed by atoms with Gasteiger partial charge in [-0.15, -0.1) is 11.3 Å². The molecule has 0 spiro atoms. The van der Waals surface area contributed by atoms with Crippen LogP contribution < -0.4 is 10.0 Å². The van der Waals surface area contributed by atoms with Gasteiger partial charge in [-0.3, -0.25) is 0 Å². The zero-order valence-electron chi connectivity index (χ0n) is 11.0. The highest BCUT2D eigenvalue weighted by Crippen LogP contribution is 2.31. The third kappa shape index (κ3) is 5.49. The van der Waals surface area contributed by atoms with Crippen molar-refractivity contribution >= 4 is 37.3 Å². The van der Waals surface area contributed by atoms with E-state index < -0.39 is 10.0 Å². The molecule has 0 bridgehead atoms. The van der Waals surface area contributed by atoms with Gasteiger partial charge in [-0.05, 0) is 35.0 Å². The van der Waals surface area contributed by atoms with Crippen LogP contribution in [0.5, 0.6) is 0 Å². The molecule has 0 amide bonds. The lowest BCUT2D eigenvalue weighted by atomic mass is 10.4. The second-order valence-corrected chi connectivity index (χ2v) is 8.11. The van der Waals surface area contributed by atoms with Crippen LogP contribution in [0.1, 0.15) is 18.2 Å². The first-order valence-corrected chi connectivity index (χ1v) is 9.08. The lowest BCUT2D eigenvalue weighted by molar-refractivity contribution is 0.204. The number of methoxy groups -OCH3 is 1. The van der Waals surface area contributed by atoms with Gasteiger partial charge < -0.3 is 10.1 Å². The number of hydrogen-bond donors (Lipinski definition) is 2. The third-order valence-electron chi connectivity index (χ3n) is 2.32. The molecule has 1 aromatic rings. The molecule has 1 heterocycles. The first kappa shape index (κ1) is 17.1. The number of thiophene rings is 1. The Labute approximate surface area is 126 Å². The summed E-state index contributed by atoms with van der Waals surface area (Å²) in [4.78, 5) is 1.29. The quantitative estimate of drug-likeness (QED) is 0.651. The lowest BCUT2D eigenvalue weighted by Crippen LogP contribution is -2.27. The Balaban J connectivity index is 2.71. The van der Waals surface area contributed by atoms with Crippen LogP contribution in [0.15, 0.2) is 14.7 Å². The van der Waals surface area contributed by atoms with E-state index in [-0.39, 0.29) is 6.54 Å². The summed E-state index contributed by atoms with van der Waals surface area (Å²) in [7, 11) is -1.93. The van der Waals surface area contributed by atoms with Crippen LogP contribution in [0, 0.1) is 0 Å². The maximum absolute atomic E-state index is 12.1. The molecule has 19 heavy (non-hydrogen) atoms. The third-order valence-corrected chi connectivity index (χ3v) is 6.03. The van der Waals surface area contributed by atoms with E-state index in [4.69, 9.17) is 4.74 Å². The molecule has 0 aliphatic heterocycles. The van der Waals surface area contributed by atoms with E-state index in [9.17, 15) is 8.42 Å². The number of ether oxygens (including phenoxy) is 1. The van der Waals surface area contributed by atoms with Crippen LogP contribution in [0.2, 0.25) is 0 Å². The van der Waals surface area contributed by atoms with Crippen LogP contribution in [0.25, 0.3) is 0 Å². The number of rotatable bonds is 9. The average Bonchev–Trinajstić information content (AvgIpc) is 2.72. The number of nitrogens with one attached hydrogen (secondary N) is 2. The molecule has 8 heteroatoms. The van der Waals surface area contributed by atoms with E-state index in [1.165, 1.54) is 18.4 Å². The topological polar surface area (TPSA) is 67.4 Å². The van der Waals surface area contributed by atoms with Crippen molar-refractivity contribution in [1.82, 2.24) is 10.0 Å². The van der Waals surface area contributed by atoms with Crippen molar-refractivity contribution in [2.24, 2.45) is 0 Å². The van der Waals surface area contributed by atoms with Gasteiger partial charge in [-0.2, -0.15) is 0 Å². The predicted molar refractivity (Wildman–Crippen MR) is 81.1 cm³/mol. The summed E-state index contributed by atoms with van der Waals surface area (Å²) >= 11 is 4.75. The highest BCUT2D eigenvalue weighted by Gasteiger charge is 2.20. The molecule has 5 nitrogen and oxygen atoms in total. The standard InChI is InChI=1S/C11H19BrN2O3S2/c1-3-4-13-8-9-7-10(11(12)18-9)19(15,16)14-5-6-17-2/h7,13-14H,3-6,8H2,1-2H3. The van der Waals surface area contributed by atoms with Crippen molar-refractivity contribution in [3.8, 4) is 0 Å². The molecule has 2 N–H and O–H groups in total. The van der Waals surface area contributed by atoms with Crippen LogP contribution >= 0.6 is 27.3 Å². The maximum Gasteiger partial charge on any atom is 0.242 e. The van der Waals surface area contributed by atoms with Crippen molar-refractivity contribution in [3.05, 3.63) is 14.7 Å². The molecule has 0 saturated carbocycles. The van der Waals surface area contributed by atoms with E-state index in [0.29, 0.717) is 21.8 Å². The largest absolute Gasteiger partial charge is 0.383 e. The van der Waals surface area contributed by atoms with Gasteiger partial charge in [0.05, 0.1) is 10.4 Å². The van der Waals surface area contributed by atoms with Crippen molar-refractivity contribution in [1.29, 1.82) is 0 Å². The van der Waals surface area contributed by atoms with Crippen molar-refractivity contribution in [2.45, 2.75) is 24.8 Å². The highest BCUT2D eigenvalue weighted by molar-refractivity contribution is 9.11. The van der Waals surface area contributed by atoms with E-state index in [0.717, 1.165) is 17.8 Å². The van der Waals surface area contributed by atoms with Crippen LogP contribution in [0.3, 0.4) is 0 Å². The Bertz CT molecular complexity index is 488. The zero-order chi connectivity index (χ0) is 14.3. The first-order chi connectivity index (χ1) is 9.01. The van der Waals surface area contributed by atoms with Gasteiger partial charge in [-0.25, -0.2) is 13.1 Å². The first-order valence-electron chi connectivity index (χ1n) is 5.98. The SMILES string of the molecule is CCCNCc1cc(S(=O)(=O)NCCOC)c(Br)s1. The number of halogens is 1. The minimum Gasteiger partial charge on any atom is -0.383 e. The minimum atomic E-state index is -3.47. The smallest absolute Gasteiger partial charge is 0.242 e. The van der Waals surface area contributed by atoms with Crippen molar-refractivity contribution in [3.63, 3.8) is 0 Å². The van der Waals surface area contributed by atoms with Gasteiger partial charge in [0, 0.05) is 25.1 Å². The fraction of sp³-hybridized carbons (Fsp3) is 0.636. The van der Waals surface area contributed by atoms with Gasteiger partial charge >= 0.3 is 0 Å². The molecule has 110 valence electrons. The molecule has 0 aromatic carbocycles. The molecule has 0 aliphatic rings. The van der Waals surface area contributed by atoms with Crippen LogP contribution in [-0.4, -0.2) is 35.2 Å². The fourth-order valence-corrected chi connectivity index (χ4v) is 5.08. The summed E-state index contributed by atoms with van der Waals surface area (Å²) in [5.74, 6) is 0. The molecule has 1 rings (SSSR count). The maximum atomic E-state index is 12.1. The summed E-state index contributed by atoms with van der Waals surface area (Å²) in [6, 6.07) is 1.70. The second-order valence-electron chi connectivity index (χ2n) is 3.92.